The van der Waals surface area contributed by atoms with Crippen LogP contribution in [0.5, 0.6) is 0 Å². The Labute approximate surface area is 160 Å². The average Bonchev–Trinajstić information content (AvgIpc) is 3.06. The fraction of sp³-hybridized carbons (Fsp3) is 0.222. The molecule has 2 N–H and O–H groups in total. The fourth-order valence-electron chi connectivity index (χ4n) is 2.70. The first-order valence-corrected chi connectivity index (χ1v) is 8.67. The maximum absolute atomic E-state index is 12.3. The average molecular weight is 395 g/mol. The largest absolute Gasteiger partial charge is 0.463 e. The molecule has 1 aromatic carbocycles. The fourth-order valence-corrected chi connectivity index (χ4v) is 3.00. The van der Waals surface area contributed by atoms with Gasteiger partial charge < -0.3 is 19.8 Å². The lowest BCUT2D eigenvalue weighted by atomic mass is 10.0. The van der Waals surface area contributed by atoms with Crippen LogP contribution in [0.25, 0.3) is 11.3 Å². The minimum absolute atomic E-state index is 0.225. The van der Waals surface area contributed by atoms with Gasteiger partial charge in [-0.1, -0.05) is 23.2 Å². The lowest BCUT2D eigenvalue weighted by Crippen LogP contribution is -2.45. The van der Waals surface area contributed by atoms with Crippen LogP contribution in [0.2, 0.25) is 10.0 Å². The Balaban J connectivity index is 1.98. The molecule has 0 radical (unpaired) electrons. The third-order valence-electron chi connectivity index (χ3n) is 3.88. The number of esters is 1. The van der Waals surface area contributed by atoms with Crippen LogP contribution in [0.1, 0.15) is 25.6 Å². The first-order valence-electron chi connectivity index (χ1n) is 7.91. The molecule has 0 spiro atoms. The molecule has 26 heavy (non-hydrogen) atoms. The molecular formula is C18H16Cl2N2O4. The summed E-state index contributed by atoms with van der Waals surface area (Å²) in [5, 5.41) is 6.11. The van der Waals surface area contributed by atoms with E-state index in [4.69, 9.17) is 32.4 Å². The van der Waals surface area contributed by atoms with Gasteiger partial charge in [0.05, 0.1) is 22.2 Å². The van der Waals surface area contributed by atoms with E-state index in [0.717, 1.165) is 5.56 Å². The van der Waals surface area contributed by atoms with E-state index in [2.05, 4.69) is 10.6 Å². The van der Waals surface area contributed by atoms with Crippen LogP contribution in [-0.2, 0) is 9.53 Å². The highest BCUT2D eigenvalue weighted by Crippen LogP contribution is 2.34. The maximum atomic E-state index is 12.3. The Bertz CT molecular complexity index is 904. The Hall–Kier alpha value is -2.44. The first kappa shape index (κ1) is 18.4. The smallest absolute Gasteiger partial charge is 0.338 e. The second-order valence-corrected chi connectivity index (χ2v) is 6.44. The van der Waals surface area contributed by atoms with Crippen molar-refractivity contribution in [3.05, 3.63) is 57.4 Å². The quantitative estimate of drug-likeness (QED) is 0.750. The Kier molecular flexibility index (Phi) is 5.25. The van der Waals surface area contributed by atoms with Gasteiger partial charge in [0.2, 0.25) is 0 Å². The molecule has 0 bridgehead atoms. The van der Waals surface area contributed by atoms with Crippen LogP contribution in [0.3, 0.4) is 0 Å². The number of halogens is 2. The molecule has 0 saturated heterocycles. The van der Waals surface area contributed by atoms with Gasteiger partial charge in [0.15, 0.2) is 0 Å². The monoisotopic (exact) mass is 394 g/mol. The van der Waals surface area contributed by atoms with E-state index in [1.165, 1.54) is 0 Å². The van der Waals surface area contributed by atoms with Gasteiger partial charge in [-0.15, -0.1) is 0 Å². The Morgan fingerprint density at radius 2 is 2.00 bits per heavy atom. The van der Waals surface area contributed by atoms with Gasteiger partial charge in [-0.05, 0) is 44.2 Å². The Morgan fingerprint density at radius 3 is 2.69 bits per heavy atom. The number of rotatable bonds is 4. The minimum Gasteiger partial charge on any atom is -0.463 e. The van der Waals surface area contributed by atoms with E-state index in [0.29, 0.717) is 32.8 Å². The number of carbonyl (C=O) groups is 2. The van der Waals surface area contributed by atoms with Crippen molar-refractivity contribution in [1.82, 2.24) is 10.6 Å². The zero-order chi connectivity index (χ0) is 18.8. The topological polar surface area (TPSA) is 80.6 Å². The van der Waals surface area contributed by atoms with Gasteiger partial charge in [-0.2, -0.15) is 0 Å². The molecule has 1 aliphatic rings. The van der Waals surface area contributed by atoms with Gasteiger partial charge in [-0.25, -0.2) is 9.59 Å². The number of hydrogen-bond donors (Lipinski definition) is 2. The van der Waals surface area contributed by atoms with Crippen LogP contribution in [0.4, 0.5) is 4.79 Å². The number of carbonyl (C=O) groups excluding carboxylic acids is 2. The molecule has 2 heterocycles. The van der Waals surface area contributed by atoms with Crippen LogP contribution in [0.15, 0.2) is 46.0 Å². The second-order valence-electron chi connectivity index (χ2n) is 5.62. The SMILES string of the molecule is CCOC(=O)C1=C(C)NC(=O)N[C@@H]1c1ccc(-c2ccc(Cl)c(Cl)c2)o1. The first-order chi connectivity index (χ1) is 12.4. The number of ether oxygens (including phenoxy) is 1. The van der Waals surface area contributed by atoms with Crippen LogP contribution in [0, 0.1) is 0 Å². The van der Waals surface area contributed by atoms with Gasteiger partial charge in [0.25, 0.3) is 0 Å². The molecule has 2 aromatic rings. The molecule has 0 saturated carbocycles. The van der Waals surface area contributed by atoms with Crippen LogP contribution >= 0.6 is 23.2 Å². The van der Waals surface area contributed by atoms with Crippen molar-refractivity contribution >= 4 is 35.2 Å². The van der Waals surface area contributed by atoms with Crippen LogP contribution in [-0.4, -0.2) is 18.6 Å². The highest BCUT2D eigenvalue weighted by atomic mass is 35.5. The number of furan rings is 1. The third kappa shape index (κ3) is 3.57. The van der Waals surface area contributed by atoms with Crippen molar-refractivity contribution in [3.8, 4) is 11.3 Å². The minimum atomic E-state index is -0.751. The number of nitrogens with one attached hydrogen (secondary N) is 2. The maximum Gasteiger partial charge on any atom is 0.338 e. The predicted octanol–water partition coefficient (Wildman–Crippen LogP) is 4.44. The van der Waals surface area contributed by atoms with E-state index in [1.54, 1.807) is 44.2 Å². The Morgan fingerprint density at radius 1 is 1.23 bits per heavy atom. The van der Waals surface area contributed by atoms with Crippen molar-refractivity contribution in [2.75, 3.05) is 6.61 Å². The summed E-state index contributed by atoms with van der Waals surface area (Å²) in [5.74, 6) is 0.422. The molecule has 8 heteroatoms. The summed E-state index contributed by atoms with van der Waals surface area (Å²) >= 11 is 12.0. The van der Waals surface area contributed by atoms with Crippen molar-refractivity contribution < 1.29 is 18.7 Å². The van der Waals surface area contributed by atoms with E-state index >= 15 is 0 Å². The van der Waals surface area contributed by atoms with Gasteiger partial charge in [0, 0.05) is 11.3 Å². The molecule has 1 aliphatic heterocycles. The molecule has 136 valence electrons. The van der Waals surface area contributed by atoms with Crippen molar-refractivity contribution in [2.45, 2.75) is 19.9 Å². The predicted molar refractivity (Wildman–Crippen MR) is 97.9 cm³/mol. The standard InChI is InChI=1S/C18H16Cl2N2O4/c1-3-25-17(23)15-9(2)21-18(24)22-16(15)14-7-6-13(26-14)10-4-5-11(19)12(20)8-10/h4-8,16H,3H2,1-2H3,(H2,21,22,24)/t16-/m1/s1. The van der Waals surface area contributed by atoms with Gasteiger partial charge >= 0.3 is 12.0 Å². The molecule has 6 nitrogen and oxygen atoms in total. The highest BCUT2D eigenvalue weighted by molar-refractivity contribution is 6.42. The van der Waals surface area contributed by atoms with E-state index in [1.807, 2.05) is 0 Å². The summed E-state index contributed by atoms with van der Waals surface area (Å²) in [7, 11) is 0. The summed E-state index contributed by atoms with van der Waals surface area (Å²) in [6.07, 6.45) is 0. The summed E-state index contributed by atoms with van der Waals surface area (Å²) in [6, 6.07) is 7.38. The van der Waals surface area contributed by atoms with E-state index < -0.39 is 18.0 Å². The third-order valence-corrected chi connectivity index (χ3v) is 4.62. The number of urea groups is 1. The molecule has 3 rings (SSSR count). The molecule has 1 atom stereocenters. The zero-order valence-electron chi connectivity index (χ0n) is 14.1. The van der Waals surface area contributed by atoms with Crippen molar-refractivity contribution in [3.63, 3.8) is 0 Å². The summed E-state index contributed by atoms with van der Waals surface area (Å²) in [5.41, 5.74) is 1.44. The molecule has 2 amide bonds. The number of benzene rings is 1. The van der Waals surface area contributed by atoms with E-state index in [9.17, 15) is 9.59 Å². The van der Waals surface area contributed by atoms with Crippen LogP contribution < -0.4 is 10.6 Å². The normalized spacial score (nSPS) is 16.9. The molecule has 0 aliphatic carbocycles. The lowest BCUT2D eigenvalue weighted by molar-refractivity contribution is -0.139. The van der Waals surface area contributed by atoms with Crippen molar-refractivity contribution in [1.29, 1.82) is 0 Å². The van der Waals surface area contributed by atoms with E-state index in [-0.39, 0.29) is 6.61 Å². The van der Waals surface area contributed by atoms with Gasteiger partial charge in [0.1, 0.15) is 17.6 Å². The second kappa shape index (κ2) is 7.43. The number of hydrogen-bond acceptors (Lipinski definition) is 4. The molecule has 0 unspecified atom stereocenters. The summed E-state index contributed by atoms with van der Waals surface area (Å²) < 4.78 is 11.0. The lowest BCUT2D eigenvalue weighted by Gasteiger charge is -2.26. The number of allylic oxidation sites excluding steroid dienone is 1. The molecule has 0 fully saturated rings. The number of amides is 2. The highest BCUT2D eigenvalue weighted by Gasteiger charge is 2.34. The van der Waals surface area contributed by atoms with Gasteiger partial charge in [-0.3, -0.25) is 0 Å². The summed E-state index contributed by atoms with van der Waals surface area (Å²) in [4.78, 5) is 24.2. The molecular weight excluding hydrogens is 379 g/mol. The summed E-state index contributed by atoms with van der Waals surface area (Å²) in [6.45, 7) is 3.58. The zero-order valence-corrected chi connectivity index (χ0v) is 15.6. The van der Waals surface area contributed by atoms with Crippen molar-refractivity contribution in [2.24, 2.45) is 0 Å². The molecule has 1 aromatic heterocycles.